The van der Waals surface area contributed by atoms with Gasteiger partial charge in [-0.2, -0.15) is 4.31 Å². The summed E-state index contributed by atoms with van der Waals surface area (Å²) in [5.74, 6) is 0.138. The van der Waals surface area contributed by atoms with Gasteiger partial charge in [-0.25, -0.2) is 12.8 Å². The molecule has 1 amide bonds. The molecule has 0 unspecified atom stereocenters. The maximum absolute atomic E-state index is 13.3. The number of nitrogens with zero attached hydrogens (tertiary/aromatic N) is 3. The van der Waals surface area contributed by atoms with Crippen LogP contribution in [0.1, 0.15) is 10.4 Å². The highest BCUT2D eigenvalue weighted by molar-refractivity contribution is 7.89. The predicted molar refractivity (Wildman–Crippen MR) is 133 cm³/mol. The minimum atomic E-state index is -3.76. The molecule has 0 bridgehead atoms. The lowest BCUT2D eigenvalue weighted by Crippen LogP contribution is -2.48. The molecular formula is C26H28FN3O4S. The Morgan fingerprint density at radius 2 is 1.63 bits per heavy atom. The fraction of sp³-hybridized carbons (Fsp3) is 0.269. The van der Waals surface area contributed by atoms with E-state index in [-0.39, 0.29) is 16.6 Å². The van der Waals surface area contributed by atoms with E-state index in [9.17, 15) is 17.6 Å². The Morgan fingerprint density at radius 1 is 0.943 bits per heavy atom. The Kier molecular flexibility index (Phi) is 7.67. The van der Waals surface area contributed by atoms with Crippen LogP contribution in [-0.4, -0.2) is 69.9 Å². The molecule has 1 heterocycles. The molecule has 0 aromatic heterocycles. The molecule has 1 aliphatic heterocycles. The van der Waals surface area contributed by atoms with Crippen molar-refractivity contribution in [2.24, 2.45) is 0 Å². The number of benzene rings is 3. The fourth-order valence-electron chi connectivity index (χ4n) is 3.92. The van der Waals surface area contributed by atoms with Gasteiger partial charge in [0.05, 0.1) is 11.4 Å². The number of halogens is 1. The highest BCUT2D eigenvalue weighted by Gasteiger charge is 2.29. The van der Waals surface area contributed by atoms with Crippen molar-refractivity contribution >= 4 is 21.6 Å². The molecule has 0 spiro atoms. The maximum Gasteiger partial charge on any atom is 0.253 e. The number of carbonyl (C=O) groups is 1. The van der Waals surface area contributed by atoms with E-state index in [1.807, 2.05) is 35.2 Å². The van der Waals surface area contributed by atoms with Crippen molar-refractivity contribution in [3.63, 3.8) is 0 Å². The van der Waals surface area contributed by atoms with Crippen molar-refractivity contribution < 1.29 is 22.3 Å². The molecule has 1 saturated heterocycles. The van der Waals surface area contributed by atoms with Gasteiger partial charge in [-0.05, 0) is 54.6 Å². The Hall–Kier alpha value is -3.43. The van der Waals surface area contributed by atoms with E-state index < -0.39 is 10.0 Å². The summed E-state index contributed by atoms with van der Waals surface area (Å²) in [7, 11) is -2.10. The first kappa shape index (κ1) is 24.7. The molecule has 184 valence electrons. The van der Waals surface area contributed by atoms with Crippen molar-refractivity contribution in [3.05, 3.63) is 90.2 Å². The van der Waals surface area contributed by atoms with Gasteiger partial charge in [-0.3, -0.25) is 4.79 Å². The second-order valence-corrected chi connectivity index (χ2v) is 10.2. The minimum absolute atomic E-state index is 0.0903. The van der Waals surface area contributed by atoms with Gasteiger partial charge in [0, 0.05) is 44.5 Å². The molecule has 3 aromatic carbocycles. The average molecular weight is 498 g/mol. The molecule has 35 heavy (non-hydrogen) atoms. The first-order valence-electron chi connectivity index (χ1n) is 11.4. The molecule has 0 saturated carbocycles. The summed E-state index contributed by atoms with van der Waals surface area (Å²) in [5, 5.41) is 0. The molecular weight excluding hydrogens is 469 g/mol. The van der Waals surface area contributed by atoms with Crippen molar-refractivity contribution in [1.29, 1.82) is 0 Å². The Labute approximate surface area is 205 Å². The topological polar surface area (TPSA) is 70.2 Å². The van der Waals surface area contributed by atoms with Crippen molar-refractivity contribution in [3.8, 4) is 5.75 Å². The quantitative estimate of drug-likeness (QED) is 0.477. The number of hydrogen-bond acceptors (Lipinski definition) is 5. The van der Waals surface area contributed by atoms with Crippen LogP contribution in [0.15, 0.2) is 83.8 Å². The zero-order chi connectivity index (χ0) is 24.8. The van der Waals surface area contributed by atoms with Crippen molar-refractivity contribution in [2.45, 2.75) is 4.90 Å². The number of carbonyl (C=O) groups excluding carboxylic acids is 1. The Balaban J connectivity index is 1.37. The molecule has 0 atom stereocenters. The summed E-state index contributed by atoms with van der Waals surface area (Å²) >= 11 is 0. The van der Waals surface area contributed by atoms with E-state index in [4.69, 9.17) is 4.74 Å². The average Bonchev–Trinajstić information content (AvgIpc) is 2.89. The van der Waals surface area contributed by atoms with Crippen LogP contribution in [0.5, 0.6) is 5.75 Å². The van der Waals surface area contributed by atoms with Crippen LogP contribution in [-0.2, 0) is 10.0 Å². The molecule has 0 N–H and O–H groups in total. The molecule has 3 aromatic rings. The van der Waals surface area contributed by atoms with Gasteiger partial charge in [-0.1, -0.05) is 24.3 Å². The maximum atomic E-state index is 13.3. The van der Waals surface area contributed by atoms with E-state index in [2.05, 4.69) is 0 Å². The number of rotatable bonds is 8. The van der Waals surface area contributed by atoms with E-state index in [1.165, 1.54) is 33.5 Å². The monoisotopic (exact) mass is 497 g/mol. The number of ether oxygens (including phenoxy) is 1. The third-order valence-electron chi connectivity index (χ3n) is 5.93. The van der Waals surface area contributed by atoms with E-state index in [0.29, 0.717) is 44.9 Å². The molecule has 7 nitrogen and oxygen atoms in total. The molecule has 0 radical (unpaired) electrons. The second kappa shape index (κ2) is 10.9. The van der Waals surface area contributed by atoms with Crippen LogP contribution >= 0.6 is 0 Å². The lowest BCUT2D eigenvalue weighted by atomic mass is 10.2. The lowest BCUT2D eigenvalue weighted by molar-refractivity contribution is 0.0773. The molecule has 0 aliphatic carbocycles. The Bertz CT molecular complexity index is 1250. The van der Waals surface area contributed by atoms with Crippen molar-refractivity contribution in [2.75, 3.05) is 51.3 Å². The van der Waals surface area contributed by atoms with Crippen LogP contribution in [0, 0.1) is 5.82 Å². The lowest BCUT2D eigenvalue weighted by Gasteiger charge is -2.35. The standard InChI is InChI=1S/C26H28FN3O4S/c1-28(18-19-34-24-7-3-2-4-8-24)26(31)21-6-5-9-25(20-21)35(32,33)30-16-14-29(15-17-30)23-12-10-22(27)11-13-23/h2-13,20H,14-19H2,1H3. The number of amides is 1. The highest BCUT2D eigenvalue weighted by atomic mass is 32.2. The normalized spacial score (nSPS) is 14.5. The molecule has 9 heteroatoms. The van der Waals surface area contributed by atoms with Crippen LogP contribution < -0.4 is 9.64 Å². The van der Waals surface area contributed by atoms with E-state index in [1.54, 1.807) is 31.3 Å². The molecule has 4 rings (SSSR count). The van der Waals surface area contributed by atoms with Gasteiger partial charge >= 0.3 is 0 Å². The number of sulfonamides is 1. The summed E-state index contributed by atoms with van der Waals surface area (Å²) in [6.07, 6.45) is 0. The SMILES string of the molecule is CN(CCOc1ccccc1)C(=O)c1cccc(S(=O)(=O)N2CCN(c3ccc(F)cc3)CC2)c1. The van der Waals surface area contributed by atoms with Gasteiger partial charge in [0.25, 0.3) is 5.91 Å². The Morgan fingerprint density at radius 3 is 2.31 bits per heavy atom. The fourth-order valence-corrected chi connectivity index (χ4v) is 5.38. The van der Waals surface area contributed by atoms with Crippen molar-refractivity contribution in [1.82, 2.24) is 9.21 Å². The molecule has 1 aliphatic rings. The first-order valence-corrected chi connectivity index (χ1v) is 12.8. The minimum Gasteiger partial charge on any atom is -0.492 e. The summed E-state index contributed by atoms with van der Waals surface area (Å²) in [5.41, 5.74) is 1.16. The summed E-state index contributed by atoms with van der Waals surface area (Å²) < 4.78 is 46.8. The van der Waals surface area contributed by atoms with Crippen LogP contribution in [0.2, 0.25) is 0 Å². The van der Waals surface area contributed by atoms with Crippen LogP contribution in [0.25, 0.3) is 0 Å². The number of piperazine rings is 1. The van der Waals surface area contributed by atoms with Gasteiger partial charge in [0.1, 0.15) is 18.2 Å². The van der Waals surface area contributed by atoms with Crippen LogP contribution in [0.3, 0.4) is 0 Å². The number of anilines is 1. The van der Waals surface area contributed by atoms with E-state index in [0.717, 1.165) is 11.4 Å². The summed E-state index contributed by atoms with van der Waals surface area (Å²) in [6, 6.07) is 21.6. The third kappa shape index (κ3) is 5.98. The van der Waals surface area contributed by atoms with Gasteiger partial charge < -0.3 is 14.5 Å². The predicted octanol–water partition coefficient (Wildman–Crippen LogP) is 3.49. The summed E-state index contributed by atoms with van der Waals surface area (Å²) in [4.78, 5) is 16.5. The van der Waals surface area contributed by atoms with Gasteiger partial charge in [0.15, 0.2) is 0 Å². The van der Waals surface area contributed by atoms with Crippen LogP contribution in [0.4, 0.5) is 10.1 Å². The van der Waals surface area contributed by atoms with E-state index >= 15 is 0 Å². The highest BCUT2D eigenvalue weighted by Crippen LogP contribution is 2.22. The first-order chi connectivity index (χ1) is 16.8. The third-order valence-corrected chi connectivity index (χ3v) is 7.83. The summed E-state index contributed by atoms with van der Waals surface area (Å²) in [6.45, 7) is 2.27. The number of para-hydroxylation sites is 1. The zero-order valence-electron chi connectivity index (χ0n) is 19.5. The largest absolute Gasteiger partial charge is 0.492 e. The number of likely N-dealkylation sites (N-methyl/N-ethyl adjacent to an activating group) is 1. The second-order valence-electron chi connectivity index (χ2n) is 8.28. The van der Waals surface area contributed by atoms with Gasteiger partial charge in [-0.15, -0.1) is 0 Å². The molecule has 1 fully saturated rings. The van der Waals surface area contributed by atoms with Gasteiger partial charge in [0.2, 0.25) is 10.0 Å². The zero-order valence-corrected chi connectivity index (χ0v) is 20.3. The smallest absolute Gasteiger partial charge is 0.253 e. The number of hydrogen-bond donors (Lipinski definition) is 0.